The third kappa shape index (κ3) is 4.12. The monoisotopic (exact) mass is 364 g/mol. The van der Waals surface area contributed by atoms with Gasteiger partial charge < -0.3 is 15.0 Å². The summed E-state index contributed by atoms with van der Waals surface area (Å²) < 4.78 is 7.40. The number of amides is 1. The molecule has 1 aromatic carbocycles. The van der Waals surface area contributed by atoms with E-state index < -0.39 is 0 Å². The average molecular weight is 364 g/mol. The second-order valence-corrected chi connectivity index (χ2v) is 6.19. The van der Waals surface area contributed by atoms with Crippen molar-refractivity contribution in [2.24, 2.45) is 0 Å². The fourth-order valence-electron chi connectivity index (χ4n) is 2.90. The summed E-state index contributed by atoms with van der Waals surface area (Å²) in [6.45, 7) is 0.841. The zero-order chi connectivity index (χ0) is 18.5. The molecule has 0 fully saturated rings. The molecule has 0 radical (unpaired) electrons. The van der Waals surface area contributed by atoms with Gasteiger partial charge in [-0.1, -0.05) is 18.2 Å². The Hall–Kier alpha value is -3.26. The third-order valence-electron chi connectivity index (χ3n) is 4.19. The number of rotatable bonds is 8. The Balaban J connectivity index is 1.16. The minimum Gasteiger partial charge on any atom is -0.364 e. The molecule has 27 heavy (non-hydrogen) atoms. The number of pyridine rings is 1. The first-order valence-corrected chi connectivity index (χ1v) is 8.86. The number of nitrogens with one attached hydrogen (secondary N) is 2. The Labute approximate surface area is 155 Å². The molecule has 3 heterocycles. The summed E-state index contributed by atoms with van der Waals surface area (Å²) in [5.74, 6) is 1.46. The van der Waals surface area contributed by atoms with Gasteiger partial charge >= 0.3 is 0 Å². The lowest BCUT2D eigenvalue weighted by molar-refractivity contribution is -0.126. The maximum Gasteiger partial charge on any atom is 0.246 e. The van der Waals surface area contributed by atoms with Crippen LogP contribution in [0.15, 0.2) is 48.7 Å². The molecule has 3 aromatic heterocycles. The molecular formula is C19H20N6O2. The molecule has 4 aromatic rings. The fraction of sp³-hybridized carbons (Fsp3) is 0.263. The minimum absolute atomic E-state index is 0.00487. The SMILES string of the molecule is O=C(COCc1nc2ccccc2[nH]1)NCCCc1nnc2ccccn12. The first kappa shape index (κ1) is 17.2. The van der Waals surface area contributed by atoms with E-state index in [4.69, 9.17) is 4.74 Å². The van der Waals surface area contributed by atoms with Crippen LogP contribution in [-0.2, 0) is 22.6 Å². The number of aryl methyl sites for hydroxylation is 1. The van der Waals surface area contributed by atoms with Crippen molar-refractivity contribution >= 4 is 22.6 Å². The molecule has 0 atom stereocenters. The lowest BCUT2D eigenvalue weighted by Crippen LogP contribution is -2.28. The summed E-state index contributed by atoms with van der Waals surface area (Å²) in [5, 5.41) is 11.1. The smallest absolute Gasteiger partial charge is 0.246 e. The summed E-state index contributed by atoms with van der Waals surface area (Å²) in [4.78, 5) is 19.5. The predicted octanol–water partition coefficient (Wildman–Crippen LogP) is 1.87. The van der Waals surface area contributed by atoms with Crippen LogP contribution >= 0.6 is 0 Å². The Kier molecular flexibility index (Phi) is 5.06. The molecule has 0 unspecified atom stereocenters. The first-order valence-electron chi connectivity index (χ1n) is 8.86. The number of nitrogens with zero attached hydrogens (tertiary/aromatic N) is 4. The highest BCUT2D eigenvalue weighted by Gasteiger charge is 2.06. The van der Waals surface area contributed by atoms with Gasteiger partial charge in [0.05, 0.1) is 11.0 Å². The highest BCUT2D eigenvalue weighted by molar-refractivity contribution is 5.77. The van der Waals surface area contributed by atoms with E-state index >= 15 is 0 Å². The van der Waals surface area contributed by atoms with Crippen molar-refractivity contribution in [1.82, 2.24) is 29.9 Å². The summed E-state index contributed by atoms with van der Waals surface area (Å²) in [5.41, 5.74) is 2.68. The Bertz CT molecular complexity index is 1020. The van der Waals surface area contributed by atoms with Gasteiger partial charge in [-0.05, 0) is 30.7 Å². The van der Waals surface area contributed by atoms with Crippen LogP contribution < -0.4 is 5.32 Å². The summed E-state index contributed by atoms with van der Waals surface area (Å²) in [7, 11) is 0. The number of aromatic amines is 1. The maximum atomic E-state index is 11.9. The Morgan fingerprint density at radius 3 is 2.96 bits per heavy atom. The van der Waals surface area contributed by atoms with Gasteiger partial charge in [-0.3, -0.25) is 9.20 Å². The van der Waals surface area contributed by atoms with E-state index in [1.807, 2.05) is 53.1 Å². The number of benzene rings is 1. The Morgan fingerprint density at radius 1 is 1.15 bits per heavy atom. The zero-order valence-electron chi connectivity index (χ0n) is 14.8. The molecule has 2 N–H and O–H groups in total. The van der Waals surface area contributed by atoms with E-state index in [1.54, 1.807) is 0 Å². The zero-order valence-corrected chi connectivity index (χ0v) is 14.8. The van der Waals surface area contributed by atoms with E-state index in [1.165, 1.54) is 0 Å². The Morgan fingerprint density at radius 2 is 2.04 bits per heavy atom. The predicted molar refractivity (Wildman–Crippen MR) is 100 cm³/mol. The largest absolute Gasteiger partial charge is 0.364 e. The number of imidazole rings is 1. The van der Waals surface area contributed by atoms with Crippen LogP contribution in [0.1, 0.15) is 18.1 Å². The van der Waals surface area contributed by atoms with Crippen molar-refractivity contribution in [1.29, 1.82) is 0 Å². The van der Waals surface area contributed by atoms with Crippen LogP contribution in [0.4, 0.5) is 0 Å². The van der Waals surface area contributed by atoms with Crippen LogP contribution in [0.2, 0.25) is 0 Å². The quantitative estimate of drug-likeness (QED) is 0.465. The van der Waals surface area contributed by atoms with Gasteiger partial charge in [0.25, 0.3) is 0 Å². The van der Waals surface area contributed by atoms with E-state index in [9.17, 15) is 4.79 Å². The van der Waals surface area contributed by atoms with Gasteiger partial charge in [0, 0.05) is 19.2 Å². The standard InChI is InChI=1S/C19H20N6O2/c26-19(13-27-12-16-21-14-6-1-2-7-15(14)22-16)20-10-5-9-18-24-23-17-8-3-4-11-25(17)18/h1-4,6-8,11H,5,9-10,12-13H2,(H,20,26)(H,21,22). The summed E-state index contributed by atoms with van der Waals surface area (Å²) >= 11 is 0. The highest BCUT2D eigenvalue weighted by atomic mass is 16.5. The van der Waals surface area contributed by atoms with Crippen LogP contribution in [0.25, 0.3) is 16.7 Å². The van der Waals surface area contributed by atoms with Crippen LogP contribution in [0.3, 0.4) is 0 Å². The van der Waals surface area contributed by atoms with Crippen LogP contribution in [-0.4, -0.2) is 43.6 Å². The number of ether oxygens (including phenoxy) is 1. The molecule has 0 aliphatic heterocycles. The second-order valence-electron chi connectivity index (χ2n) is 6.19. The van der Waals surface area contributed by atoms with Crippen molar-refractivity contribution < 1.29 is 9.53 Å². The second kappa shape index (κ2) is 7.96. The van der Waals surface area contributed by atoms with Gasteiger partial charge in [-0.25, -0.2) is 4.98 Å². The molecule has 0 saturated carbocycles. The van der Waals surface area contributed by atoms with E-state index in [-0.39, 0.29) is 19.1 Å². The van der Waals surface area contributed by atoms with Crippen LogP contribution in [0.5, 0.6) is 0 Å². The number of hydrogen-bond acceptors (Lipinski definition) is 5. The van der Waals surface area contributed by atoms with E-state index in [2.05, 4.69) is 25.5 Å². The number of aromatic nitrogens is 5. The van der Waals surface area contributed by atoms with Crippen molar-refractivity contribution in [3.63, 3.8) is 0 Å². The topological polar surface area (TPSA) is 97.2 Å². The van der Waals surface area contributed by atoms with Crippen molar-refractivity contribution in [3.05, 3.63) is 60.3 Å². The third-order valence-corrected chi connectivity index (χ3v) is 4.19. The molecule has 4 rings (SSSR count). The normalized spacial score (nSPS) is 11.3. The number of H-pyrrole nitrogens is 1. The number of carbonyl (C=O) groups excluding carboxylic acids is 1. The molecule has 0 aliphatic carbocycles. The highest BCUT2D eigenvalue weighted by Crippen LogP contribution is 2.10. The van der Waals surface area contributed by atoms with Gasteiger partial charge in [-0.15, -0.1) is 10.2 Å². The van der Waals surface area contributed by atoms with E-state index in [0.29, 0.717) is 12.4 Å². The minimum atomic E-state index is -0.141. The molecule has 1 amide bonds. The molecular weight excluding hydrogens is 344 g/mol. The molecule has 8 nitrogen and oxygen atoms in total. The van der Waals surface area contributed by atoms with Gasteiger partial charge in [0.1, 0.15) is 24.9 Å². The van der Waals surface area contributed by atoms with Gasteiger partial charge in [-0.2, -0.15) is 0 Å². The van der Waals surface area contributed by atoms with Gasteiger partial charge in [0.15, 0.2) is 5.65 Å². The van der Waals surface area contributed by atoms with E-state index in [0.717, 1.165) is 35.3 Å². The molecule has 0 aliphatic rings. The summed E-state index contributed by atoms with van der Waals surface area (Å²) in [6, 6.07) is 13.6. The first-order chi connectivity index (χ1) is 13.3. The van der Waals surface area contributed by atoms with Crippen LogP contribution in [0, 0.1) is 0 Å². The molecule has 8 heteroatoms. The molecule has 0 spiro atoms. The maximum absolute atomic E-state index is 11.9. The van der Waals surface area contributed by atoms with Gasteiger partial charge in [0.2, 0.25) is 5.91 Å². The number of hydrogen-bond donors (Lipinski definition) is 2. The lowest BCUT2D eigenvalue weighted by atomic mass is 10.3. The van der Waals surface area contributed by atoms with Crippen molar-refractivity contribution in [2.45, 2.75) is 19.4 Å². The molecule has 138 valence electrons. The van der Waals surface area contributed by atoms with Crippen molar-refractivity contribution in [3.8, 4) is 0 Å². The number of fused-ring (bicyclic) bond motifs is 2. The average Bonchev–Trinajstić information content (AvgIpc) is 3.29. The van der Waals surface area contributed by atoms with Crippen molar-refractivity contribution in [2.75, 3.05) is 13.2 Å². The lowest BCUT2D eigenvalue weighted by Gasteiger charge is -2.05. The fourth-order valence-corrected chi connectivity index (χ4v) is 2.90. The molecule has 0 saturated heterocycles. The molecule has 0 bridgehead atoms. The summed E-state index contributed by atoms with van der Waals surface area (Å²) in [6.07, 6.45) is 3.46. The number of para-hydroxylation sites is 2. The number of carbonyl (C=O) groups is 1.